The van der Waals surface area contributed by atoms with Crippen LogP contribution in [0.25, 0.3) is 10.9 Å². The van der Waals surface area contributed by atoms with Crippen molar-refractivity contribution < 1.29 is 0 Å². The van der Waals surface area contributed by atoms with Crippen molar-refractivity contribution in [1.82, 2.24) is 4.98 Å². The summed E-state index contributed by atoms with van der Waals surface area (Å²) in [6.45, 7) is 9.49. The van der Waals surface area contributed by atoms with Gasteiger partial charge in [-0.05, 0) is 49.9 Å². The number of pyridine rings is 1. The Morgan fingerprint density at radius 2 is 1.95 bits per heavy atom. The molecule has 0 amide bonds. The first-order valence-electron chi connectivity index (χ1n) is 6.91. The van der Waals surface area contributed by atoms with Crippen molar-refractivity contribution in [2.24, 2.45) is 0 Å². The molecule has 0 saturated carbocycles. The van der Waals surface area contributed by atoms with Crippen LogP contribution in [0.5, 0.6) is 0 Å². The highest BCUT2D eigenvalue weighted by Crippen LogP contribution is 2.32. The van der Waals surface area contributed by atoms with Crippen LogP contribution in [0.2, 0.25) is 5.02 Å². The number of hydrogen-bond donors (Lipinski definition) is 1. The van der Waals surface area contributed by atoms with Crippen LogP contribution in [-0.4, -0.2) is 11.5 Å². The fourth-order valence-corrected chi connectivity index (χ4v) is 2.73. The lowest BCUT2D eigenvalue weighted by Gasteiger charge is -2.16. The normalized spacial score (nSPS) is 11.0. The molecule has 0 atom stereocenters. The van der Waals surface area contributed by atoms with Gasteiger partial charge >= 0.3 is 0 Å². The molecule has 0 spiro atoms. The zero-order valence-corrected chi connectivity index (χ0v) is 12.9. The van der Waals surface area contributed by atoms with Crippen LogP contribution in [-0.2, 0) is 6.42 Å². The number of benzene rings is 1. The molecule has 0 aliphatic carbocycles. The molecule has 0 unspecified atom stereocenters. The highest BCUT2D eigenvalue weighted by molar-refractivity contribution is 6.31. The Kier molecular flexibility index (Phi) is 4.31. The number of nitrogens with one attached hydrogen (secondary N) is 1. The van der Waals surface area contributed by atoms with E-state index in [0.29, 0.717) is 0 Å². The molecule has 2 aromatic rings. The van der Waals surface area contributed by atoms with E-state index in [0.717, 1.165) is 46.6 Å². The zero-order valence-electron chi connectivity index (χ0n) is 12.1. The summed E-state index contributed by atoms with van der Waals surface area (Å²) in [5.41, 5.74) is 5.79. The smallest absolute Gasteiger partial charge is 0.0756 e. The predicted octanol–water partition coefficient (Wildman–Crippen LogP) is 4.89. The highest BCUT2D eigenvalue weighted by atomic mass is 35.5. The van der Waals surface area contributed by atoms with Gasteiger partial charge in [0.25, 0.3) is 0 Å². The van der Waals surface area contributed by atoms with Crippen molar-refractivity contribution in [3.63, 3.8) is 0 Å². The number of aromatic nitrogens is 1. The number of nitrogens with zero attached hydrogens (tertiary/aromatic N) is 1. The third kappa shape index (κ3) is 2.69. The topological polar surface area (TPSA) is 24.9 Å². The molecule has 19 heavy (non-hydrogen) atoms. The molecule has 0 saturated heterocycles. The summed E-state index contributed by atoms with van der Waals surface area (Å²) in [4.78, 5) is 4.80. The number of aryl methyl sites for hydroxylation is 2. The zero-order chi connectivity index (χ0) is 14.0. The lowest BCUT2D eigenvalue weighted by molar-refractivity contribution is 0.970. The lowest BCUT2D eigenvalue weighted by atomic mass is 10.0. The minimum atomic E-state index is 0.773. The number of anilines is 1. The summed E-state index contributed by atoms with van der Waals surface area (Å²) in [5, 5.41) is 5.44. The first-order valence-corrected chi connectivity index (χ1v) is 7.29. The Hall–Kier alpha value is -1.28. The van der Waals surface area contributed by atoms with Crippen LogP contribution in [0.1, 0.15) is 37.1 Å². The second-order valence-corrected chi connectivity index (χ2v) is 5.39. The quantitative estimate of drug-likeness (QED) is 0.860. The second-order valence-electron chi connectivity index (χ2n) is 4.96. The Bertz CT molecular complexity index is 605. The van der Waals surface area contributed by atoms with Crippen molar-refractivity contribution in [1.29, 1.82) is 0 Å². The van der Waals surface area contributed by atoms with Gasteiger partial charge in [-0.15, -0.1) is 0 Å². The van der Waals surface area contributed by atoms with Gasteiger partial charge in [0.15, 0.2) is 0 Å². The van der Waals surface area contributed by atoms with Crippen molar-refractivity contribution in [2.75, 3.05) is 11.9 Å². The summed E-state index contributed by atoms with van der Waals surface area (Å²) in [6, 6.07) is 4.00. The Morgan fingerprint density at radius 3 is 2.58 bits per heavy atom. The van der Waals surface area contributed by atoms with Crippen LogP contribution in [0.3, 0.4) is 0 Å². The van der Waals surface area contributed by atoms with Crippen molar-refractivity contribution in [3.8, 4) is 0 Å². The molecule has 0 fully saturated rings. The minimum Gasteiger partial charge on any atom is -0.384 e. The van der Waals surface area contributed by atoms with E-state index in [1.54, 1.807) is 0 Å². The summed E-state index contributed by atoms with van der Waals surface area (Å²) in [5.74, 6) is 0. The number of halogens is 1. The summed E-state index contributed by atoms with van der Waals surface area (Å²) in [7, 11) is 0. The SMILES string of the molecule is CCCNc1c(C)c(CC)nc2c(C)cc(Cl)cc12. The van der Waals surface area contributed by atoms with Gasteiger partial charge in [-0.2, -0.15) is 0 Å². The molecule has 1 aromatic heterocycles. The highest BCUT2D eigenvalue weighted by Gasteiger charge is 2.12. The third-order valence-electron chi connectivity index (χ3n) is 3.48. The molecule has 0 aliphatic rings. The molecule has 0 bridgehead atoms. The number of fused-ring (bicyclic) bond motifs is 1. The molecule has 2 rings (SSSR count). The Balaban J connectivity index is 2.75. The van der Waals surface area contributed by atoms with Crippen LogP contribution in [0.15, 0.2) is 12.1 Å². The third-order valence-corrected chi connectivity index (χ3v) is 3.69. The van der Waals surface area contributed by atoms with Crippen LogP contribution < -0.4 is 5.32 Å². The Labute approximate surface area is 120 Å². The fourth-order valence-electron chi connectivity index (χ4n) is 2.46. The maximum Gasteiger partial charge on any atom is 0.0756 e. The van der Waals surface area contributed by atoms with E-state index in [1.165, 1.54) is 11.3 Å². The molecule has 0 radical (unpaired) electrons. The van der Waals surface area contributed by atoms with Crippen molar-refractivity contribution >= 4 is 28.2 Å². The van der Waals surface area contributed by atoms with Crippen LogP contribution in [0, 0.1) is 13.8 Å². The van der Waals surface area contributed by atoms with Gasteiger partial charge in [0.2, 0.25) is 0 Å². The van der Waals surface area contributed by atoms with Crippen LogP contribution in [0.4, 0.5) is 5.69 Å². The molecule has 1 aromatic carbocycles. The molecule has 3 heteroatoms. The molecule has 0 aliphatic heterocycles. The van der Waals surface area contributed by atoms with Gasteiger partial charge in [0, 0.05) is 28.3 Å². The molecule has 1 heterocycles. The molecular weight excluding hydrogens is 256 g/mol. The average Bonchev–Trinajstić information content (AvgIpc) is 2.37. The van der Waals surface area contributed by atoms with E-state index in [4.69, 9.17) is 16.6 Å². The minimum absolute atomic E-state index is 0.773. The van der Waals surface area contributed by atoms with E-state index in [2.05, 4.69) is 33.0 Å². The summed E-state index contributed by atoms with van der Waals surface area (Å²) in [6.07, 6.45) is 2.05. The molecule has 2 nitrogen and oxygen atoms in total. The summed E-state index contributed by atoms with van der Waals surface area (Å²) >= 11 is 6.20. The van der Waals surface area contributed by atoms with Gasteiger partial charge in [-0.3, -0.25) is 4.98 Å². The largest absolute Gasteiger partial charge is 0.384 e. The Morgan fingerprint density at radius 1 is 1.21 bits per heavy atom. The van der Waals surface area contributed by atoms with E-state index >= 15 is 0 Å². The predicted molar refractivity (Wildman–Crippen MR) is 84.4 cm³/mol. The van der Waals surface area contributed by atoms with Gasteiger partial charge in [-0.1, -0.05) is 25.4 Å². The fraction of sp³-hybridized carbons (Fsp3) is 0.438. The van der Waals surface area contributed by atoms with Crippen molar-refractivity contribution in [2.45, 2.75) is 40.5 Å². The molecular formula is C16H21ClN2. The van der Waals surface area contributed by atoms with Gasteiger partial charge in [0.05, 0.1) is 5.52 Å². The average molecular weight is 277 g/mol. The summed E-state index contributed by atoms with van der Waals surface area (Å²) < 4.78 is 0. The van der Waals surface area contributed by atoms with E-state index in [1.807, 2.05) is 12.1 Å². The standard InChI is InChI=1S/C16H21ClN2/c1-5-7-18-16-11(4)14(6-2)19-15-10(3)8-12(17)9-13(15)16/h8-9H,5-7H2,1-4H3,(H,18,19). The van der Waals surface area contributed by atoms with E-state index in [-0.39, 0.29) is 0 Å². The molecule has 1 N–H and O–H groups in total. The van der Waals surface area contributed by atoms with Crippen molar-refractivity contribution in [3.05, 3.63) is 34.0 Å². The number of hydrogen-bond acceptors (Lipinski definition) is 2. The molecule has 102 valence electrons. The van der Waals surface area contributed by atoms with Crippen LogP contribution >= 0.6 is 11.6 Å². The van der Waals surface area contributed by atoms with E-state index in [9.17, 15) is 0 Å². The monoisotopic (exact) mass is 276 g/mol. The van der Waals surface area contributed by atoms with Gasteiger partial charge in [-0.25, -0.2) is 0 Å². The lowest BCUT2D eigenvalue weighted by Crippen LogP contribution is -2.06. The maximum atomic E-state index is 6.20. The van der Waals surface area contributed by atoms with Gasteiger partial charge < -0.3 is 5.32 Å². The first kappa shape index (κ1) is 14.1. The van der Waals surface area contributed by atoms with E-state index < -0.39 is 0 Å². The maximum absolute atomic E-state index is 6.20. The first-order chi connectivity index (χ1) is 9.08. The second kappa shape index (κ2) is 5.79. The van der Waals surface area contributed by atoms with Gasteiger partial charge in [0.1, 0.15) is 0 Å². The number of rotatable bonds is 4.